The first-order valence-electron chi connectivity index (χ1n) is 4.66. The van der Waals surface area contributed by atoms with Crippen molar-refractivity contribution in [2.75, 3.05) is 0 Å². The highest BCUT2D eigenvalue weighted by atomic mass is 35.5. The highest BCUT2D eigenvalue weighted by molar-refractivity contribution is 7.98. The van der Waals surface area contributed by atoms with Gasteiger partial charge in [-0.05, 0) is 30.3 Å². The molecule has 0 aliphatic heterocycles. The van der Waals surface area contributed by atoms with Gasteiger partial charge in [-0.3, -0.25) is 0 Å². The number of thioether (sulfide) groups is 1. The van der Waals surface area contributed by atoms with Crippen molar-refractivity contribution in [2.24, 2.45) is 0 Å². The third-order valence-corrected chi connectivity index (χ3v) is 3.43. The minimum Gasteiger partial charge on any atom is -0.334 e. The van der Waals surface area contributed by atoms with E-state index in [0.717, 1.165) is 21.5 Å². The van der Waals surface area contributed by atoms with Crippen LogP contribution in [0.2, 0.25) is 5.02 Å². The fourth-order valence-electron chi connectivity index (χ4n) is 1.17. The standard InChI is InChI=1S/C11H9ClN2S2/c12-8-1-3-9(4-2-8)16-7-10-13-6-5-11(15)14-10/h1-6H,7H2,(H,13,14,15). The van der Waals surface area contributed by atoms with E-state index in [1.807, 2.05) is 24.3 Å². The summed E-state index contributed by atoms with van der Waals surface area (Å²) in [4.78, 5) is 8.41. The van der Waals surface area contributed by atoms with Crippen LogP contribution in [0.1, 0.15) is 5.82 Å². The molecule has 82 valence electrons. The van der Waals surface area contributed by atoms with Crippen molar-refractivity contribution in [3.05, 3.63) is 52.0 Å². The zero-order chi connectivity index (χ0) is 11.4. The number of hydrogen-bond acceptors (Lipinski definition) is 3. The predicted octanol–water partition coefficient (Wildman–Crippen LogP) is 4.08. The lowest BCUT2D eigenvalue weighted by atomic mass is 10.4. The Morgan fingerprint density at radius 1 is 1.25 bits per heavy atom. The second-order valence-electron chi connectivity index (χ2n) is 3.12. The average molecular weight is 269 g/mol. The van der Waals surface area contributed by atoms with Gasteiger partial charge >= 0.3 is 0 Å². The van der Waals surface area contributed by atoms with E-state index in [-0.39, 0.29) is 0 Å². The van der Waals surface area contributed by atoms with E-state index in [9.17, 15) is 0 Å². The third kappa shape index (κ3) is 3.33. The summed E-state index contributed by atoms with van der Waals surface area (Å²) in [5.41, 5.74) is 0. The molecule has 0 amide bonds. The van der Waals surface area contributed by atoms with Crippen molar-refractivity contribution < 1.29 is 0 Å². The SMILES string of the molecule is S=c1ccnc(CSc2ccc(Cl)cc2)[nH]1. The number of hydrogen-bond donors (Lipinski definition) is 1. The summed E-state index contributed by atoms with van der Waals surface area (Å²) >= 11 is 12.5. The molecule has 0 saturated carbocycles. The van der Waals surface area contributed by atoms with Gasteiger partial charge in [-0.1, -0.05) is 23.8 Å². The molecule has 0 aliphatic rings. The molecule has 16 heavy (non-hydrogen) atoms. The number of nitrogens with one attached hydrogen (secondary N) is 1. The molecule has 0 bridgehead atoms. The van der Waals surface area contributed by atoms with Crippen molar-refractivity contribution in [3.8, 4) is 0 Å². The van der Waals surface area contributed by atoms with Crippen LogP contribution in [-0.2, 0) is 5.75 Å². The summed E-state index contributed by atoms with van der Waals surface area (Å²) in [5.74, 6) is 1.65. The Bertz CT molecular complexity index is 522. The zero-order valence-electron chi connectivity index (χ0n) is 8.31. The van der Waals surface area contributed by atoms with Gasteiger partial charge in [0, 0.05) is 16.1 Å². The summed E-state index contributed by atoms with van der Waals surface area (Å²) < 4.78 is 0.710. The molecule has 1 N–H and O–H groups in total. The Labute approximate surface area is 108 Å². The van der Waals surface area contributed by atoms with Gasteiger partial charge < -0.3 is 4.98 Å². The molecule has 1 aromatic heterocycles. The topological polar surface area (TPSA) is 28.7 Å². The van der Waals surface area contributed by atoms with Gasteiger partial charge in [0.1, 0.15) is 10.5 Å². The minimum atomic E-state index is 0.710. The monoisotopic (exact) mass is 268 g/mol. The molecular formula is C11H9ClN2S2. The second kappa shape index (κ2) is 5.48. The molecule has 2 nitrogen and oxygen atoms in total. The van der Waals surface area contributed by atoms with E-state index in [4.69, 9.17) is 23.8 Å². The number of aromatic nitrogens is 2. The van der Waals surface area contributed by atoms with Gasteiger partial charge in [0.2, 0.25) is 0 Å². The molecule has 1 heterocycles. The first kappa shape index (κ1) is 11.6. The quantitative estimate of drug-likeness (QED) is 0.672. The fraction of sp³-hybridized carbons (Fsp3) is 0.0909. The first-order chi connectivity index (χ1) is 7.74. The molecule has 0 saturated heterocycles. The summed E-state index contributed by atoms with van der Waals surface area (Å²) in [5, 5.41) is 0.751. The van der Waals surface area contributed by atoms with Crippen LogP contribution in [0.15, 0.2) is 41.4 Å². The predicted molar refractivity (Wildman–Crippen MR) is 70.4 cm³/mol. The van der Waals surface area contributed by atoms with Crippen LogP contribution in [0.3, 0.4) is 0 Å². The molecular weight excluding hydrogens is 260 g/mol. The Balaban J connectivity index is 2.02. The Morgan fingerprint density at radius 2 is 2.00 bits per heavy atom. The van der Waals surface area contributed by atoms with E-state index in [0.29, 0.717) is 4.64 Å². The van der Waals surface area contributed by atoms with E-state index < -0.39 is 0 Å². The maximum absolute atomic E-state index is 5.81. The van der Waals surface area contributed by atoms with Gasteiger partial charge in [0.25, 0.3) is 0 Å². The number of nitrogens with zero attached hydrogens (tertiary/aromatic N) is 1. The Morgan fingerprint density at radius 3 is 2.69 bits per heavy atom. The summed E-state index contributed by atoms with van der Waals surface area (Å²) in [6.45, 7) is 0. The lowest BCUT2D eigenvalue weighted by Gasteiger charge is -2.01. The first-order valence-corrected chi connectivity index (χ1v) is 6.44. The molecule has 0 atom stereocenters. The van der Waals surface area contributed by atoms with Crippen molar-refractivity contribution in [2.45, 2.75) is 10.6 Å². The lowest BCUT2D eigenvalue weighted by Crippen LogP contribution is -1.90. The summed E-state index contributed by atoms with van der Waals surface area (Å²) in [6.07, 6.45) is 1.72. The molecule has 2 rings (SSSR count). The maximum atomic E-state index is 5.81. The molecule has 5 heteroatoms. The molecule has 0 spiro atoms. The van der Waals surface area contributed by atoms with E-state index >= 15 is 0 Å². The number of benzene rings is 1. The zero-order valence-corrected chi connectivity index (χ0v) is 10.7. The average Bonchev–Trinajstić information content (AvgIpc) is 2.28. The van der Waals surface area contributed by atoms with Crippen LogP contribution >= 0.6 is 35.6 Å². The lowest BCUT2D eigenvalue weighted by molar-refractivity contribution is 1.02. The van der Waals surface area contributed by atoms with Crippen LogP contribution in [0.5, 0.6) is 0 Å². The second-order valence-corrected chi connectivity index (χ2v) is 5.05. The number of halogens is 1. The van der Waals surface area contributed by atoms with Crippen LogP contribution < -0.4 is 0 Å². The number of aromatic amines is 1. The van der Waals surface area contributed by atoms with Crippen molar-refractivity contribution in [3.63, 3.8) is 0 Å². The number of H-pyrrole nitrogens is 1. The van der Waals surface area contributed by atoms with Crippen molar-refractivity contribution >= 4 is 35.6 Å². The van der Waals surface area contributed by atoms with Crippen LogP contribution in [0.4, 0.5) is 0 Å². The summed E-state index contributed by atoms with van der Waals surface area (Å²) in [7, 11) is 0. The summed E-state index contributed by atoms with van der Waals surface area (Å²) in [6, 6.07) is 9.51. The highest BCUT2D eigenvalue weighted by Gasteiger charge is 1.97. The number of rotatable bonds is 3. The van der Waals surface area contributed by atoms with Crippen molar-refractivity contribution in [1.82, 2.24) is 9.97 Å². The molecule has 0 unspecified atom stereocenters. The van der Waals surface area contributed by atoms with Crippen molar-refractivity contribution in [1.29, 1.82) is 0 Å². The highest BCUT2D eigenvalue weighted by Crippen LogP contribution is 2.22. The normalized spacial score (nSPS) is 10.3. The fourth-order valence-corrected chi connectivity index (χ4v) is 2.25. The molecule has 0 fully saturated rings. The Hall–Kier alpha value is -0.840. The maximum Gasteiger partial charge on any atom is 0.117 e. The van der Waals surface area contributed by atoms with Crippen LogP contribution in [0, 0.1) is 4.64 Å². The third-order valence-electron chi connectivity index (χ3n) is 1.91. The largest absolute Gasteiger partial charge is 0.334 e. The molecule has 0 aliphatic carbocycles. The van der Waals surface area contributed by atoms with Gasteiger partial charge in [-0.2, -0.15) is 0 Å². The van der Waals surface area contributed by atoms with Gasteiger partial charge in [0.05, 0.1) is 5.75 Å². The van der Waals surface area contributed by atoms with Gasteiger partial charge in [0.15, 0.2) is 0 Å². The molecule has 2 aromatic rings. The Kier molecular flexibility index (Phi) is 3.98. The molecule has 0 radical (unpaired) electrons. The van der Waals surface area contributed by atoms with Crippen LogP contribution in [0.25, 0.3) is 0 Å². The van der Waals surface area contributed by atoms with Crippen LogP contribution in [-0.4, -0.2) is 9.97 Å². The minimum absolute atomic E-state index is 0.710. The van der Waals surface area contributed by atoms with E-state index in [1.54, 1.807) is 24.0 Å². The van der Waals surface area contributed by atoms with E-state index in [1.165, 1.54) is 0 Å². The smallest absolute Gasteiger partial charge is 0.117 e. The van der Waals surface area contributed by atoms with Gasteiger partial charge in [-0.25, -0.2) is 4.98 Å². The molecule has 1 aromatic carbocycles. The van der Waals surface area contributed by atoms with Gasteiger partial charge in [-0.15, -0.1) is 11.8 Å². The van der Waals surface area contributed by atoms with E-state index in [2.05, 4.69) is 9.97 Å².